The summed E-state index contributed by atoms with van der Waals surface area (Å²) in [5.74, 6) is 0. The third kappa shape index (κ3) is 2.68. The van der Waals surface area contributed by atoms with E-state index in [0.29, 0.717) is 0 Å². The van der Waals surface area contributed by atoms with E-state index in [1.165, 1.54) is 0 Å². The largest absolute Gasteiger partial charge is 0.325 e. The molecule has 0 amide bonds. The second kappa shape index (κ2) is 3.99. The van der Waals surface area contributed by atoms with Crippen molar-refractivity contribution in [1.29, 1.82) is 0 Å². The Kier molecular flexibility index (Phi) is 3.42. The first-order chi connectivity index (χ1) is 6.80. The minimum absolute atomic E-state index is 0.181. The van der Waals surface area contributed by atoms with E-state index in [9.17, 15) is 0 Å². The standard InChI is InChI=1S/C10H25N5/c1-8(11)5-9(12,13-2)7-10(6-8,14-3)15-4/h13-15H,5-7,11-12H2,1-4H3. The molecule has 15 heavy (non-hydrogen) atoms. The van der Waals surface area contributed by atoms with Gasteiger partial charge in [0.05, 0.1) is 11.3 Å². The smallest absolute Gasteiger partial charge is 0.0730 e. The molecule has 0 spiro atoms. The topological polar surface area (TPSA) is 88.1 Å². The van der Waals surface area contributed by atoms with Crippen LogP contribution < -0.4 is 27.4 Å². The third-order valence-electron chi connectivity index (χ3n) is 3.50. The van der Waals surface area contributed by atoms with Crippen molar-refractivity contribution < 1.29 is 0 Å². The van der Waals surface area contributed by atoms with Crippen LogP contribution in [0.2, 0.25) is 0 Å². The monoisotopic (exact) mass is 215 g/mol. The zero-order chi connectivity index (χ0) is 11.7. The summed E-state index contributed by atoms with van der Waals surface area (Å²) in [6, 6.07) is 0. The highest BCUT2D eigenvalue weighted by Crippen LogP contribution is 2.35. The van der Waals surface area contributed by atoms with E-state index < -0.39 is 5.66 Å². The molecule has 2 atom stereocenters. The van der Waals surface area contributed by atoms with Crippen LogP contribution in [-0.2, 0) is 0 Å². The molecule has 90 valence electrons. The minimum Gasteiger partial charge on any atom is -0.325 e. The van der Waals surface area contributed by atoms with Crippen LogP contribution in [0.25, 0.3) is 0 Å². The lowest BCUT2D eigenvalue weighted by Gasteiger charge is -2.52. The number of hydrogen-bond donors (Lipinski definition) is 5. The molecule has 0 saturated heterocycles. The van der Waals surface area contributed by atoms with E-state index in [1.807, 2.05) is 21.1 Å². The van der Waals surface area contributed by atoms with E-state index in [1.54, 1.807) is 0 Å². The highest BCUT2D eigenvalue weighted by atomic mass is 15.2. The van der Waals surface area contributed by atoms with Gasteiger partial charge in [0.2, 0.25) is 0 Å². The lowest BCUT2D eigenvalue weighted by Crippen LogP contribution is -2.73. The van der Waals surface area contributed by atoms with Gasteiger partial charge in [-0.05, 0) is 40.9 Å². The van der Waals surface area contributed by atoms with E-state index in [4.69, 9.17) is 11.5 Å². The Labute approximate surface area is 92.3 Å². The summed E-state index contributed by atoms with van der Waals surface area (Å²) < 4.78 is 0. The predicted octanol–water partition coefficient (Wildman–Crippen LogP) is -1.10. The number of nitrogens with one attached hydrogen (secondary N) is 3. The predicted molar refractivity (Wildman–Crippen MR) is 63.3 cm³/mol. The van der Waals surface area contributed by atoms with E-state index in [2.05, 4.69) is 22.9 Å². The van der Waals surface area contributed by atoms with Crippen LogP contribution >= 0.6 is 0 Å². The van der Waals surface area contributed by atoms with Crippen molar-refractivity contribution >= 4 is 0 Å². The van der Waals surface area contributed by atoms with Crippen LogP contribution in [0.3, 0.4) is 0 Å². The quantitative estimate of drug-likeness (QED) is 0.386. The van der Waals surface area contributed by atoms with Crippen LogP contribution in [-0.4, -0.2) is 38.0 Å². The molecule has 0 aliphatic heterocycles. The summed E-state index contributed by atoms with van der Waals surface area (Å²) >= 11 is 0. The fourth-order valence-electron chi connectivity index (χ4n) is 2.79. The van der Waals surface area contributed by atoms with Gasteiger partial charge in [-0.25, -0.2) is 0 Å². The fraction of sp³-hybridized carbons (Fsp3) is 1.00. The first-order valence-corrected chi connectivity index (χ1v) is 5.45. The Bertz CT molecular complexity index is 224. The molecule has 5 heteroatoms. The molecule has 7 N–H and O–H groups in total. The van der Waals surface area contributed by atoms with Crippen LogP contribution in [0.1, 0.15) is 26.2 Å². The normalized spacial score (nSPS) is 40.4. The average Bonchev–Trinajstić information content (AvgIpc) is 2.15. The van der Waals surface area contributed by atoms with Gasteiger partial charge in [-0.3, -0.25) is 0 Å². The second-order valence-corrected chi connectivity index (χ2v) is 5.17. The molecule has 0 heterocycles. The average molecular weight is 215 g/mol. The molecule has 2 unspecified atom stereocenters. The minimum atomic E-state index is -0.409. The molecular weight excluding hydrogens is 190 g/mol. The van der Waals surface area contributed by atoms with Gasteiger partial charge in [-0.1, -0.05) is 0 Å². The van der Waals surface area contributed by atoms with E-state index in [-0.39, 0.29) is 11.2 Å². The van der Waals surface area contributed by atoms with Crippen LogP contribution in [0, 0.1) is 0 Å². The summed E-state index contributed by atoms with van der Waals surface area (Å²) in [6.45, 7) is 2.05. The van der Waals surface area contributed by atoms with Crippen molar-refractivity contribution in [3.05, 3.63) is 0 Å². The van der Waals surface area contributed by atoms with Gasteiger partial charge in [0, 0.05) is 12.0 Å². The summed E-state index contributed by atoms with van der Waals surface area (Å²) in [6.07, 6.45) is 2.46. The summed E-state index contributed by atoms with van der Waals surface area (Å²) in [4.78, 5) is 0. The number of rotatable bonds is 3. The van der Waals surface area contributed by atoms with E-state index in [0.717, 1.165) is 19.3 Å². The lowest BCUT2D eigenvalue weighted by molar-refractivity contribution is 0.0661. The van der Waals surface area contributed by atoms with Crippen LogP contribution in [0.4, 0.5) is 0 Å². The van der Waals surface area contributed by atoms with Crippen LogP contribution in [0.5, 0.6) is 0 Å². The van der Waals surface area contributed by atoms with Gasteiger partial charge in [-0.2, -0.15) is 0 Å². The molecule has 5 nitrogen and oxygen atoms in total. The zero-order valence-electron chi connectivity index (χ0n) is 10.3. The number of nitrogens with two attached hydrogens (primary N) is 2. The molecule has 0 bridgehead atoms. The summed E-state index contributed by atoms with van der Waals surface area (Å²) in [5, 5.41) is 9.78. The molecular formula is C10H25N5. The van der Waals surface area contributed by atoms with Crippen LogP contribution in [0.15, 0.2) is 0 Å². The Hall–Kier alpha value is -0.200. The lowest BCUT2D eigenvalue weighted by atomic mass is 9.71. The molecule has 0 radical (unpaired) electrons. The summed E-state index contributed by atoms with van der Waals surface area (Å²) in [5.41, 5.74) is 11.7. The van der Waals surface area contributed by atoms with Crippen molar-refractivity contribution in [3.63, 3.8) is 0 Å². The molecule has 1 saturated carbocycles. The molecule has 1 aliphatic carbocycles. The maximum Gasteiger partial charge on any atom is 0.0730 e. The van der Waals surface area contributed by atoms with Gasteiger partial charge in [0.1, 0.15) is 0 Å². The Morgan fingerprint density at radius 1 is 0.867 bits per heavy atom. The first-order valence-electron chi connectivity index (χ1n) is 5.45. The van der Waals surface area contributed by atoms with Gasteiger partial charge in [0.25, 0.3) is 0 Å². The van der Waals surface area contributed by atoms with E-state index >= 15 is 0 Å². The fourth-order valence-corrected chi connectivity index (χ4v) is 2.79. The van der Waals surface area contributed by atoms with Gasteiger partial charge in [0.15, 0.2) is 0 Å². The molecule has 0 aromatic rings. The van der Waals surface area contributed by atoms with Crippen molar-refractivity contribution in [2.24, 2.45) is 11.5 Å². The highest BCUT2D eigenvalue weighted by molar-refractivity contribution is 5.07. The zero-order valence-corrected chi connectivity index (χ0v) is 10.3. The Balaban J connectivity index is 2.94. The first kappa shape index (κ1) is 12.9. The van der Waals surface area contributed by atoms with Gasteiger partial charge < -0.3 is 27.4 Å². The maximum atomic E-state index is 6.29. The SMILES string of the molecule is CNC1(N)CC(C)(N)CC(NC)(NC)C1. The molecule has 1 fully saturated rings. The van der Waals surface area contributed by atoms with Gasteiger partial charge >= 0.3 is 0 Å². The molecule has 0 aromatic heterocycles. The number of hydrogen-bond acceptors (Lipinski definition) is 5. The Morgan fingerprint density at radius 2 is 1.40 bits per heavy atom. The van der Waals surface area contributed by atoms with Crippen molar-refractivity contribution in [3.8, 4) is 0 Å². The van der Waals surface area contributed by atoms with Crippen molar-refractivity contribution in [1.82, 2.24) is 16.0 Å². The van der Waals surface area contributed by atoms with Gasteiger partial charge in [-0.15, -0.1) is 0 Å². The van der Waals surface area contributed by atoms with Crippen molar-refractivity contribution in [2.45, 2.75) is 43.1 Å². The maximum absolute atomic E-state index is 6.29. The molecule has 1 rings (SSSR count). The Morgan fingerprint density at radius 3 is 1.80 bits per heavy atom. The second-order valence-electron chi connectivity index (χ2n) is 5.17. The molecule has 0 aromatic carbocycles. The highest BCUT2D eigenvalue weighted by Gasteiger charge is 2.48. The summed E-state index contributed by atoms with van der Waals surface area (Å²) in [7, 11) is 5.76. The third-order valence-corrected chi connectivity index (χ3v) is 3.50. The van der Waals surface area contributed by atoms with Crippen molar-refractivity contribution in [2.75, 3.05) is 21.1 Å². The molecule has 1 aliphatic rings.